The van der Waals surface area contributed by atoms with E-state index < -0.39 is 30.3 Å². The molecule has 4 atom stereocenters. The van der Waals surface area contributed by atoms with E-state index in [0.29, 0.717) is 11.8 Å². The first kappa shape index (κ1) is 22.8. The average molecular weight is 406 g/mol. The van der Waals surface area contributed by atoms with Gasteiger partial charge in [-0.25, -0.2) is 9.18 Å². The van der Waals surface area contributed by atoms with Crippen LogP contribution in [-0.2, 0) is 14.3 Å². The number of esters is 1. The van der Waals surface area contributed by atoms with Gasteiger partial charge in [0, 0.05) is 6.04 Å². The van der Waals surface area contributed by atoms with Crippen LogP contribution >= 0.6 is 0 Å². The lowest BCUT2D eigenvalue weighted by Crippen LogP contribution is -2.48. The molecule has 29 heavy (non-hydrogen) atoms. The largest absolute Gasteiger partial charge is 0.454 e. The minimum Gasteiger partial charge on any atom is -0.454 e. The molecule has 0 saturated heterocycles. The van der Waals surface area contributed by atoms with Crippen molar-refractivity contribution in [2.75, 3.05) is 6.61 Å². The monoisotopic (exact) mass is 406 g/mol. The van der Waals surface area contributed by atoms with Crippen molar-refractivity contribution < 1.29 is 23.5 Å². The predicted octanol–water partition coefficient (Wildman–Crippen LogP) is 3.06. The molecule has 1 saturated carbocycles. The zero-order chi connectivity index (χ0) is 21.6. The minimum absolute atomic E-state index is 0.0756. The van der Waals surface area contributed by atoms with Crippen LogP contribution in [0.1, 0.15) is 57.3 Å². The molecule has 3 unspecified atom stereocenters. The van der Waals surface area contributed by atoms with Crippen LogP contribution in [-0.4, -0.2) is 36.5 Å². The van der Waals surface area contributed by atoms with Gasteiger partial charge in [0.1, 0.15) is 11.9 Å². The third-order valence-electron chi connectivity index (χ3n) is 5.72. The minimum atomic E-state index is -0.983. The highest BCUT2D eigenvalue weighted by atomic mass is 19.1. The van der Waals surface area contributed by atoms with Crippen LogP contribution in [0.25, 0.3) is 0 Å². The van der Waals surface area contributed by atoms with Crippen LogP contribution in [0.15, 0.2) is 24.3 Å². The van der Waals surface area contributed by atoms with Gasteiger partial charge in [-0.1, -0.05) is 52.7 Å². The number of carbonyl (C=O) groups excluding carboxylic acids is 3. The molecule has 2 amide bonds. The van der Waals surface area contributed by atoms with E-state index in [0.717, 1.165) is 19.3 Å². The molecule has 0 aliphatic heterocycles. The molecule has 0 bridgehead atoms. The molecule has 160 valence electrons. The van der Waals surface area contributed by atoms with Crippen LogP contribution in [0.3, 0.4) is 0 Å². The number of carbonyl (C=O) groups is 3. The molecule has 0 heterocycles. The molecule has 1 aliphatic rings. The van der Waals surface area contributed by atoms with Gasteiger partial charge in [-0.05, 0) is 36.3 Å². The molecule has 0 aromatic heterocycles. The number of hydrogen-bond donors (Lipinski definition) is 2. The maximum absolute atomic E-state index is 13.8. The van der Waals surface area contributed by atoms with E-state index in [1.165, 1.54) is 24.3 Å². The van der Waals surface area contributed by atoms with Crippen LogP contribution in [0.5, 0.6) is 0 Å². The summed E-state index contributed by atoms with van der Waals surface area (Å²) in [6, 6.07) is 4.63. The van der Waals surface area contributed by atoms with Crippen molar-refractivity contribution in [3.05, 3.63) is 35.6 Å². The summed E-state index contributed by atoms with van der Waals surface area (Å²) in [6.07, 6.45) is 3.13. The Morgan fingerprint density at radius 1 is 1.17 bits per heavy atom. The van der Waals surface area contributed by atoms with Crippen LogP contribution in [0.4, 0.5) is 4.39 Å². The summed E-state index contributed by atoms with van der Waals surface area (Å²) in [7, 11) is 0. The van der Waals surface area contributed by atoms with Crippen molar-refractivity contribution >= 4 is 17.8 Å². The topological polar surface area (TPSA) is 84.5 Å². The van der Waals surface area contributed by atoms with Crippen molar-refractivity contribution in [1.29, 1.82) is 0 Å². The zero-order valence-electron chi connectivity index (χ0n) is 17.5. The molecule has 2 N–H and O–H groups in total. The van der Waals surface area contributed by atoms with Gasteiger partial charge in [0.15, 0.2) is 6.61 Å². The third-order valence-corrected chi connectivity index (χ3v) is 5.72. The lowest BCUT2D eigenvalue weighted by molar-refractivity contribution is -0.151. The van der Waals surface area contributed by atoms with E-state index in [2.05, 4.69) is 24.5 Å². The van der Waals surface area contributed by atoms with Gasteiger partial charge in [-0.3, -0.25) is 9.59 Å². The Kier molecular flexibility index (Phi) is 8.17. The van der Waals surface area contributed by atoms with Crippen LogP contribution in [0.2, 0.25) is 0 Å². The molecule has 1 fully saturated rings. The highest BCUT2D eigenvalue weighted by molar-refractivity contribution is 5.97. The van der Waals surface area contributed by atoms with E-state index >= 15 is 0 Å². The molecular weight excluding hydrogens is 375 g/mol. The predicted molar refractivity (Wildman–Crippen MR) is 108 cm³/mol. The molecule has 0 spiro atoms. The Labute approximate surface area is 171 Å². The second-order valence-corrected chi connectivity index (χ2v) is 8.22. The molecule has 1 aromatic carbocycles. The Hall–Kier alpha value is -2.44. The van der Waals surface area contributed by atoms with Crippen molar-refractivity contribution in [2.24, 2.45) is 17.8 Å². The van der Waals surface area contributed by atoms with Gasteiger partial charge in [0.05, 0.1) is 5.56 Å². The molecule has 6 nitrogen and oxygen atoms in total. The van der Waals surface area contributed by atoms with Gasteiger partial charge in [0.2, 0.25) is 0 Å². The smallest absolute Gasteiger partial charge is 0.329 e. The summed E-state index contributed by atoms with van der Waals surface area (Å²) in [5.74, 6) is -1.83. The Morgan fingerprint density at radius 2 is 1.86 bits per heavy atom. The van der Waals surface area contributed by atoms with Gasteiger partial charge in [-0.2, -0.15) is 0 Å². The maximum atomic E-state index is 13.8. The fraction of sp³-hybridized carbons (Fsp3) is 0.591. The summed E-state index contributed by atoms with van der Waals surface area (Å²) in [6.45, 7) is 7.36. The summed E-state index contributed by atoms with van der Waals surface area (Å²) in [4.78, 5) is 37.0. The molecule has 2 rings (SSSR count). The van der Waals surface area contributed by atoms with Gasteiger partial charge < -0.3 is 15.4 Å². The number of nitrogens with one attached hydrogen (secondary N) is 2. The first-order chi connectivity index (χ1) is 13.7. The van der Waals surface area contributed by atoms with Crippen LogP contribution in [0, 0.1) is 23.6 Å². The van der Waals surface area contributed by atoms with Gasteiger partial charge in [0.25, 0.3) is 11.8 Å². The van der Waals surface area contributed by atoms with Crippen molar-refractivity contribution in [1.82, 2.24) is 10.6 Å². The van der Waals surface area contributed by atoms with E-state index in [1.807, 2.05) is 0 Å². The van der Waals surface area contributed by atoms with Gasteiger partial charge >= 0.3 is 5.97 Å². The third kappa shape index (κ3) is 6.27. The lowest BCUT2D eigenvalue weighted by Gasteiger charge is -2.34. The van der Waals surface area contributed by atoms with E-state index in [9.17, 15) is 18.8 Å². The Bertz CT molecular complexity index is 737. The van der Waals surface area contributed by atoms with E-state index in [-0.39, 0.29) is 23.4 Å². The molecule has 7 heteroatoms. The summed E-state index contributed by atoms with van der Waals surface area (Å²) in [5.41, 5.74) is -0.149. The number of rotatable bonds is 7. The first-order valence-corrected chi connectivity index (χ1v) is 10.2. The molecule has 1 aliphatic carbocycles. The number of benzene rings is 1. The quantitative estimate of drug-likeness (QED) is 0.682. The first-order valence-electron chi connectivity index (χ1n) is 10.2. The highest BCUT2D eigenvalue weighted by Gasteiger charge is 2.30. The fourth-order valence-electron chi connectivity index (χ4n) is 3.62. The normalized spacial score (nSPS) is 22.6. The Morgan fingerprint density at radius 3 is 2.52 bits per heavy atom. The lowest BCUT2D eigenvalue weighted by atomic mass is 9.78. The number of hydrogen-bond acceptors (Lipinski definition) is 4. The summed E-state index contributed by atoms with van der Waals surface area (Å²) >= 11 is 0. The van der Waals surface area contributed by atoms with Crippen LogP contribution < -0.4 is 10.6 Å². The summed E-state index contributed by atoms with van der Waals surface area (Å²) in [5, 5.41) is 5.45. The van der Waals surface area contributed by atoms with E-state index in [4.69, 9.17) is 4.74 Å². The molecular formula is C22H31FN2O4. The maximum Gasteiger partial charge on any atom is 0.329 e. The summed E-state index contributed by atoms with van der Waals surface area (Å²) < 4.78 is 18.9. The molecule has 1 aromatic rings. The van der Waals surface area contributed by atoms with Crippen molar-refractivity contribution in [3.8, 4) is 0 Å². The number of halogens is 1. The SMILES string of the molecule is CC1CCCC(NC(=O)COC(=O)[C@@H](NC(=O)c2ccccc2F)C(C)C)C1C. The second-order valence-electron chi connectivity index (χ2n) is 8.22. The van der Waals surface area contributed by atoms with Crippen molar-refractivity contribution in [3.63, 3.8) is 0 Å². The number of ether oxygens (including phenoxy) is 1. The van der Waals surface area contributed by atoms with Crippen molar-refractivity contribution in [2.45, 2.75) is 59.0 Å². The Balaban J connectivity index is 1.90. The highest BCUT2D eigenvalue weighted by Crippen LogP contribution is 2.29. The average Bonchev–Trinajstić information content (AvgIpc) is 2.67. The number of amides is 2. The van der Waals surface area contributed by atoms with E-state index in [1.54, 1.807) is 13.8 Å². The fourth-order valence-corrected chi connectivity index (χ4v) is 3.62. The molecule has 0 radical (unpaired) electrons. The zero-order valence-corrected chi connectivity index (χ0v) is 17.5. The second kappa shape index (κ2) is 10.4. The standard InChI is InChI=1S/C22H31FN2O4/c1-13(2)20(25-21(27)16-9-5-6-10-17(16)23)22(28)29-12-19(26)24-18-11-7-8-14(3)15(18)4/h5-6,9-10,13-15,18,20H,7-8,11-12H2,1-4H3,(H,24,26)(H,25,27)/t14?,15?,18?,20-/m0/s1. The van der Waals surface area contributed by atoms with Gasteiger partial charge in [-0.15, -0.1) is 0 Å².